The molecule has 1 saturated heterocycles. The van der Waals surface area contributed by atoms with Gasteiger partial charge in [0.15, 0.2) is 0 Å². The Bertz CT molecular complexity index is 352. The van der Waals surface area contributed by atoms with Gasteiger partial charge in [-0.2, -0.15) is 0 Å². The van der Waals surface area contributed by atoms with Crippen molar-refractivity contribution in [2.75, 3.05) is 6.54 Å². The summed E-state index contributed by atoms with van der Waals surface area (Å²) in [6.45, 7) is 36.8. The Morgan fingerprint density at radius 1 is 0.731 bits per heavy atom. The average molecular weight is 370 g/mol. The molecule has 1 heteroatoms. The molecular weight excluding hydrogens is 314 g/mol. The molecule has 0 radical (unpaired) electrons. The summed E-state index contributed by atoms with van der Waals surface area (Å²) in [5.41, 5.74) is 2.99. The second kappa shape index (κ2) is 10.8. The van der Waals surface area contributed by atoms with Gasteiger partial charge in [0.2, 0.25) is 0 Å². The monoisotopic (exact) mass is 369 g/mol. The van der Waals surface area contributed by atoms with Gasteiger partial charge in [-0.3, -0.25) is 0 Å². The van der Waals surface area contributed by atoms with Gasteiger partial charge in [-0.05, 0) is 55.8 Å². The maximum atomic E-state index is 4.25. The molecule has 1 aliphatic heterocycles. The molecule has 1 nitrogen and oxygen atoms in total. The summed E-state index contributed by atoms with van der Waals surface area (Å²) in [6.07, 6.45) is 2.47. The Morgan fingerprint density at radius 2 is 1.04 bits per heavy atom. The highest BCUT2D eigenvalue weighted by molar-refractivity contribution is 5.05. The van der Waals surface area contributed by atoms with Crippen molar-refractivity contribution in [1.82, 2.24) is 4.90 Å². The van der Waals surface area contributed by atoms with Crippen molar-refractivity contribution in [3.8, 4) is 0 Å². The van der Waals surface area contributed by atoms with Crippen molar-refractivity contribution < 1.29 is 0 Å². The molecular formula is C25H55N. The summed E-state index contributed by atoms with van der Waals surface area (Å²) in [5.74, 6) is 0.795. The lowest BCUT2D eigenvalue weighted by Crippen LogP contribution is -2.46. The van der Waals surface area contributed by atoms with E-state index in [2.05, 4.69) is 108 Å². The largest absolute Gasteiger partial charge is 0.370 e. The SMILES string of the molecule is C.C=C1CC(C(C)(C)C)CCN1C(C)(C)C.CC(C)(C)C.CC(C)(C)C. The van der Waals surface area contributed by atoms with Crippen LogP contribution in [0.3, 0.4) is 0 Å². The summed E-state index contributed by atoms with van der Waals surface area (Å²) in [7, 11) is 0. The fourth-order valence-electron chi connectivity index (χ4n) is 2.49. The minimum Gasteiger partial charge on any atom is -0.370 e. The van der Waals surface area contributed by atoms with E-state index >= 15 is 0 Å². The van der Waals surface area contributed by atoms with Gasteiger partial charge in [-0.15, -0.1) is 0 Å². The van der Waals surface area contributed by atoms with Crippen LogP contribution < -0.4 is 0 Å². The number of hydrogen-bond donors (Lipinski definition) is 0. The van der Waals surface area contributed by atoms with Gasteiger partial charge in [-0.1, -0.05) is 90.2 Å². The average Bonchev–Trinajstić information content (AvgIpc) is 2.20. The van der Waals surface area contributed by atoms with E-state index in [-0.39, 0.29) is 13.0 Å². The molecule has 1 atom stereocenters. The lowest BCUT2D eigenvalue weighted by atomic mass is 9.74. The first-order chi connectivity index (χ1) is 10.6. The molecule has 0 saturated carbocycles. The third-order valence-electron chi connectivity index (χ3n) is 3.60. The molecule has 0 aliphatic carbocycles. The molecule has 0 aromatic heterocycles. The standard InChI is InChI=1S/C14H27N.2C5H12.CH4/c1-11-10-12(13(2,3)4)8-9-15(11)14(5,6)7;2*1-5(2,3)4;/h12H,1,8-10H2,2-7H3;2*1-4H3;1H4. The van der Waals surface area contributed by atoms with E-state index in [0.29, 0.717) is 16.2 Å². The van der Waals surface area contributed by atoms with E-state index in [1.807, 2.05) is 0 Å². The number of likely N-dealkylation sites (tertiary alicyclic amines) is 1. The number of nitrogens with zero attached hydrogens (tertiary/aromatic N) is 1. The molecule has 0 bridgehead atoms. The minimum atomic E-state index is 0. The Labute approximate surface area is 169 Å². The fourth-order valence-corrected chi connectivity index (χ4v) is 2.49. The van der Waals surface area contributed by atoms with E-state index in [4.69, 9.17) is 0 Å². The molecule has 26 heavy (non-hydrogen) atoms. The molecule has 1 aliphatic rings. The van der Waals surface area contributed by atoms with Gasteiger partial charge in [-0.25, -0.2) is 0 Å². The van der Waals surface area contributed by atoms with E-state index < -0.39 is 0 Å². The van der Waals surface area contributed by atoms with Crippen LogP contribution in [0.2, 0.25) is 0 Å². The van der Waals surface area contributed by atoms with Crippen LogP contribution in [0.5, 0.6) is 0 Å². The third-order valence-corrected chi connectivity index (χ3v) is 3.60. The molecule has 0 aromatic rings. The van der Waals surface area contributed by atoms with Crippen LogP contribution in [0, 0.1) is 22.2 Å². The zero-order chi connectivity index (χ0) is 20.9. The molecule has 1 unspecified atom stereocenters. The molecule has 0 aromatic carbocycles. The van der Waals surface area contributed by atoms with E-state index in [9.17, 15) is 0 Å². The van der Waals surface area contributed by atoms with Crippen LogP contribution in [-0.2, 0) is 0 Å². The first-order valence-electron chi connectivity index (χ1n) is 10.1. The topological polar surface area (TPSA) is 3.24 Å². The minimum absolute atomic E-state index is 0. The first kappa shape index (κ1) is 30.3. The summed E-state index contributed by atoms with van der Waals surface area (Å²) in [6, 6.07) is 0. The number of allylic oxidation sites excluding steroid dienone is 1. The second-order valence-corrected chi connectivity index (χ2v) is 12.9. The zero-order valence-corrected chi connectivity index (χ0v) is 20.4. The molecule has 1 heterocycles. The number of piperidine rings is 1. The number of rotatable bonds is 0. The predicted molar refractivity (Wildman–Crippen MR) is 125 cm³/mol. The Hall–Kier alpha value is -0.460. The lowest BCUT2D eigenvalue weighted by Gasteiger charge is -2.47. The Morgan fingerprint density at radius 3 is 1.23 bits per heavy atom. The highest BCUT2D eigenvalue weighted by Gasteiger charge is 2.33. The van der Waals surface area contributed by atoms with Crippen molar-refractivity contribution in [2.45, 2.75) is 123 Å². The van der Waals surface area contributed by atoms with Crippen LogP contribution in [0.25, 0.3) is 0 Å². The summed E-state index contributed by atoms with van der Waals surface area (Å²) in [5, 5.41) is 0. The van der Waals surface area contributed by atoms with E-state index in [1.54, 1.807) is 0 Å². The second-order valence-electron chi connectivity index (χ2n) is 12.9. The van der Waals surface area contributed by atoms with Gasteiger partial charge >= 0.3 is 0 Å². The van der Waals surface area contributed by atoms with Crippen molar-refractivity contribution >= 4 is 0 Å². The predicted octanol–water partition coefficient (Wildman–Crippen LogP) is 8.80. The maximum absolute atomic E-state index is 4.25. The van der Waals surface area contributed by atoms with Crippen molar-refractivity contribution in [3.63, 3.8) is 0 Å². The molecule has 1 fully saturated rings. The molecule has 0 spiro atoms. The molecule has 1 rings (SSSR count). The summed E-state index contributed by atoms with van der Waals surface area (Å²) >= 11 is 0. The number of hydrogen-bond acceptors (Lipinski definition) is 1. The van der Waals surface area contributed by atoms with E-state index in [0.717, 1.165) is 5.92 Å². The van der Waals surface area contributed by atoms with Crippen LogP contribution in [0.15, 0.2) is 12.3 Å². The third kappa shape index (κ3) is 19.9. The van der Waals surface area contributed by atoms with Crippen LogP contribution in [0.1, 0.15) is 117 Å². The van der Waals surface area contributed by atoms with Crippen LogP contribution in [0.4, 0.5) is 0 Å². The van der Waals surface area contributed by atoms with Crippen molar-refractivity contribution in [1.29, 1.82) is 0 Å². The van der Waals surface area contributed by atoms with Crippen molar-refractivity contribution in [3.05, 3.63) is 12.3 Å². The molecule has 0 amide bonds. The molecule has 160 valence electrons. The van der Waals surface area contributed by atoms with Gasteiger partial charge in [0.05, 0.1) is 0 Å². The van der Waals surface area contributed by atoms with E-state index in [1.165, 1.54) is 25.1 Å². The highest BCUT2D eigenvalue weighted by atomic mass is 15.2. The van der Waals surface area contributed by atoms with Gasteiger partial charge in [0.1, 0.15) is 0 Å². The summed E-state index contributed by atoms with van der Waals surface area (Å²) < 4.78 is 0. The zero-order valence-electron chi connectivity index (χ0n) is 20.4. The van der Waals surface area contributed by atoms with Crippen LogP contribution >= 0.6 is 0 Å². The van der Waals surface area contributed by atoms with Gasteiger partial charge in [0.25, 0.3) is 0 Å². The quantitative estimate of drug-likeness (QED) is 0.412. The lowest BCUT2D eigenvalue weighted by molar-refractivity contribution is 0.0935. The fraction of sp³-hybridized carbons (Fsp3) is 0.920. The van der Waals surface area contributed by atoms with Gasteiger partial charge < -0.3 is 4.90 Å². The Kier molecular flexibility index (Phi) is 12.5. The summed E-state index contributed by atoms with van der Waals surface area (Å²) in [4.78, 5) is 2.47. The first-order valence-corrected chi connectivity index (χ1v) is 10.1. The maximum Gasteiger partial charge on any atom is 0.0314 e. The normalized spacial score (nSPS) is 18.8. The smallest absolute Gasteiger partial charge is 0.0314 e. The van der Waals surface area contributed by atoms with Crippen molar-refractivity contribution in [2.24, 2.45) is 22.2 Å². The highest BCUT2D eigenvalue weighted by Crippen LogP contribution is 2.39. The van der Waals surface area contributed by atoms with Gasteiger partial charge in [0, 0.05) is 17.8 Å². The molecule has 0 N–H and O–H groups in total. The van der Waals surface area contributed by atoms with Crippen LogP contribution in [-0.4, -0.2) is 17.0 Å². The Balaban J connectivity index is -0.000000401.